The smallest absolute Gasteiger partial charge is 0.239 e. The number of nitrogen functional groups attached to an aromatic ring is 1. The van der Waals surface area contributed by atoms with Gasteiger partial charge in [-0.05, 0) is 49.4 Å². The molecule has 1 aliphatic heterocycles. The molecule has 1 amide bonds. The third-order valence-electron chi connectivity index (χ3n) is 4.04. The van der Waals surface area contributed by atoms with Gasteiger partial charge in [-0.2, -0.15) is 0 Å². The summed E-state index contributed by atoms with van der Waals surface area (Å²) in [5, 5.41) is 3.06. The second-order valence-corrected chi connectivity index (χ2v) is 6.01. The average molecular weight is 275 g/mol. The standard InChI is InChI=1S/C16H25N3O/c1-11(2)12(3)18-16(20)10-19-8-4-5-13-9-14(17)6-7-15(13)19/h6-7,9,11-12H,4-5,8,10,17H2,1-3H3,(H,18,20). The first kappa shape index (κ1) is 14.7. The van der Waals surface area contributed by atoms with Gasteiger partial charge < -0.3 is 16.0 Å². The quantitative estimate of drug-likeness (QED) is 0.828. The molecule has 0 radical (unpaired) electrons. The van der Waals surface area contributed by atoms with Crippen LogP contribution in [0.3, 0.4) is 0 Å². The van der Waals surface area contributed by atoms with Gasteiger partial charge in [0.05, 0.1) is 6.54 Å². The fourth-order valence-corrected chi connectivity index (χ4v) is 2.50. The van der Waals surface area contributed by atoms with Crippen LogP contribution in [0.1, 0.15) is 32.8 Å². The van der Waals surface area contributed by atoms with Crippen molar-refractivity contribution in [3.63, 3.8) is 0 Å². The number of fused-ring (bicyclic) bond motifs is 1. The van der Waals surface area contributed by atoms with E-state index in [1.165, 1.54) is 5.56 Å². The topological polar surface area (TPSA) is 58.4 Å². The van der Waals surface area contributed by atoms with Gasteiger partial charge in [-0.1, -0.05) is 13.8 Å². The zero-order valence-corrected chi connectivity index (χ0v) is 12.6. The molecular weight excluding hydrogens is 250 g/mol. The number of nitrogens with zero attached hydrogens (tertiary/aromatic N) is 1. The Labute approximate surface area is 121 Å². The van der Waals surface area contributed by atoms with E-state index in [4.69, 9.17) is 5.73 Å². The van der Waals surface area contributed by atoms with E-state index in [1.807, 2.05) is 25.1 Å². The molecule has 20 heavy (non-hydrogen) atoms. The summed E-state index contributed by atoms with van der Waals surface area (Å²) in [4.78, 5) is 14.3. The SMILES string of the molecule is CC(C)C(C)NC(=O)CN1CCCc2cc(N)ccc21. The molecule has 1 atom stereocenters. The molecule has 0 saturated heterocycles. The Bertz CT molecular complexity index is 485. The van der Waals surface area contributed by atoms with E-state index in [0.717, 1.165) is 30.8 Å². The lowest BCUT2D eigenvalue weighted by atomic mass is 10.0. The molecule has 1 aliphatic rings. The fraction of sp³-hybridized carbons (Fsp3) is 0.562. The van der Waals surface area contributed by atoms with Crippen molar-refractivity contribution in [1.29, 1.82) is 0 Å². The number of amides is 1. The lowest BCUT2D eigenvalue weighted by molar-refractivity contribution is -0.120. The molecule has 110 valence electrons. The number of carbonyl (C=O) groups is 1. The number of hydrogen-bond acceptors (Lipinski definition) is 3. The maximum atomic E-state index is 12.1. The highest BCUT2D eigenvalue weighted by Gasteiger charge is 2.20. The molecule has 0 fully saturated rings. The van der Waals surface area contributed by atoms with Gasteiger partial charge in [-0.3, -0.25) is 4.79 Å². The maximum absolute atomic E-state index is 12.1. The van der Waals surface area contributed by atoms with Crippen LogP contribution in [0.15, 0.2) is 18.2 Å². The molecule has 1 aromatic carbocycles. The van der Waals surface area contributed by atoms with Crippen LogP contribution in [0, 0.1) is 5.92 Å². The van der Waals surface area contributed by atoms with Gasteiger partial charge in [0.15, 0.2) is 0 Å². The number of anilines is 2. The summed E-state index contributed by atoms with van der Waals surface area (Å²) in [7, 11) is 0. The number of nitrogens with one attached hydrogen (secondary N) is 1. The molecule has 0 aliphatic carbocycles. The molecule has 2 rings (SSSR count). The zero-order chi connectivity index (χ0) is 14.7. The Balaban J connectivity index is 2.03. The predicted octanol–water partition coefficient (Wildman–Crippen LogP) is 2.18. The highest BCUT2D eigenvalue weighted by atomic mass is 16.2. The minimum Gasteiger partial charge on any atom is -0.399 e. The van der Waals surface area contributed by atoms with Crippen molar-refractivity contribution >= 4 is 17.3 Å². The highest BCUT2D eigenvalue weighted by molar-refractivity contribution is 5.82. The van der Waals surface area contributed by atoms with E-state index in [2.05, 4.69) is 24.1 Å². The fourth-order valence-electron chi connectivity index (χ4n) is 2.50. The molecule has 4 nitrogen and oxygen atoms in total. The first-order valence-electron chi connectivity index (χ1n) is 7.40. The summed E-state index contributed by atoms with van der Waals surface area (Å²) < 4.78 is 0. The molecule has 4 heteroatoms. The number of aryl methyl sites for hydroxylation is 1. The maximum Gasteiger partial charge on any atom is 0.239 e. The second-order valence-electron chi connectivity index (χ2n) is 6.01. The van der Waals surface area contributed by atoms with Gasteiger partial charge in [-0.15, -0.1) is 0 Å². The number of hydrogen-bond donors (Lipinski definition) is 2. The van der Waals surface area contributed by atoms with Crippen LogP contribution in [-0.4, -0.2) is 25.0 Å². The van der Waals surface area contributed by atoms with Crippen molar-refractivity contribution < 1.29 is 4.79 Å². The zero-order valence-electron chi connectivity index (χ0n) is 12.6. The molecule has 3 N–H and O–H groups in total. The first-order valence-corrected chi connectivity index (χ1v) is 7.40. The summed E-state index contributed by atoms with van der Waals surface area (Å²) in [6, 6.07) is 6.17. The molecule has 0 aromatic heterocycles. The van der Waals surface area contributed by atoms with E-state index in [1.54, 1.807) is 0 Å². The number of benzene rings is 1. The van der Waals surface area contributed by atoms with Crippen LogP contribution in [0.5, 0.6) is 0 Å². The third-order valence-corrected chi connectivity index (χ3v) is 4.04. The van der Waals surface area contributed by atoms with Gasteiger partial charge >= 0.3 is 0 Å². The largest absolute Gasteiger partial charge is 0.399 e. The Morgan fingerprint density at radius 1 is 1.40 bits per heavy atom. The van der Waals surface area contributed by atoms with Crippen molar-refractivity contribution in [2.75, 3.05) is 23.7 Å². The molecule has 1 aromatic rings. The van der Waals surface area contributed by atoms with Crippen LogP contribution >= 0.6 is 0 Å². The van der Waals surface area contributed by atoms with E-state index < -0.39 is 0 Å². The van der Waals surface area contributed by atoms with E-state index in [-0.39, 0.29) is 11.9 Å². The van der Waals surface area contributed by atoms with Crippen molar-refractivity contribution in [2.45, 2.75) is 39.7 Å². The molecule has 0 spiro atoms. The van der Waals surface area contributed by atoms with Crippen LogP contribution in [-0.2, 0) is 11.2 Å². The monoisotopic (exact) mass is 275 g/mol. The van der Waals surface area contributed by atoms with Crippen LogP contribution < -0.4 is 16.0 Å². The Kier molecular flexibility index (Phi) is 4.53. The van der Waals surface area contributed by atoms with Crippen molar-refractivity contribution in [1.82, 2.24) is 5.32 Å². The van der Waals surface area contributed by atoms with E-state index in [9.17, 15) is 4.79 Å². The van der Waals surface area contributed by atoms with Crippen molar-refractivity contribution in [3.8, 4) is 0 Å². The third kappa shape index (κ3) is 3.44. The number of rotatable bonds is 4. The van der Waals surface area contributed by atoms with E-state index in [0.29, 0.717) is 12.5 Å². The Hall–Kier alpha value is -1.71. The summed E-state index contributed by atoms with van der Waals surface area (Å²) >= 11 is 0. The predicted molar refractivity (Wildman–Crippen MR) is 83.8 cm³/mol. The molecule has 1 unspecified atom stereocenters. The van der Waals surface area contributed by atoms with Gasteiger partial charge in [-0.25, -0.2) is 0 Å². The highest BCUT2D eigenvalue weighted by Crippen LogP contribution is 2.28. The normalized spacial score (nSPS) is 15.9. The minimum absolute atomic E-state index is 0.0934. The van der Waals surface area contributed by atoms with Gasteiger partial charge in [0, 0.05) is 24.0 Å². The Morgan fingerprint density at radius 2 is 2.15 bits per heavy atom. The van der Waals surface area contributed by atoms with E-state index >= 15 is 0 Å². The Morgan fingerprint density at radius 3 is 2.85 bits per heavy atom. The lowest BCUT2D eigenvalue weighted by Gasteiger charge is -2.31. The van der Waals surface area contributed by atoms with Gasteiger partial charge in [0.2, 0.25) is 5.91 Å². The summed E-state index contributed by atoms with van der Waals surface area (Å²) in [5.74, 6) is 0.545. The molecule has 0 saturated carbocycles. The summed E-state index contributed by atoms with van der Waals surface area (Å²) in [6.45, 7) is 7.63. The number of carbonyl (C=O) groups excluding carboxylic acids is 1. The molecule has 1 heterocycles. The average Bonchev–Trinajstić information content (AvgIpc) is 2.38. The van der Waals surface area contributed by atoms with Crippen LogP contribution in [0.25, 0.3) is 0 Å². The summed E-state index contributed by atoms with van der Waals surface area (Å²) in [5.41, 5.74) is 9.03. The van der Waals surface area contributed by atoms with Gasteiger partial charge in [0.1, 0.15) is 0 Å². The van der Waals surface area contributed by atoms with Crippen molar-refractivity contribution in [2.24, 2.45) is 5.92 Å². The van der Waals surface area contributed by atoms with Crippen molar-refractivity contribution in [3.05, 3.63) is 23.8 Å². The van der Waals surface area contributed by atoms with Crippen LogP contribution in [0.4, 0.5) is 11.4 Å². The lowest BCUT2D eigenvalue weighted by Crippen LogP contribution is -2.44. The van der Waals surface area contributed by atoms with Crippen LogP contribution in [0.2, 0.25) is 0 Å². The minimum atomic E-state index is 0.0934. The molecule has 0 bridgehead atoms. The number of nitrogens with two attached hydrogens (primary N) is 1. The second kappa shape index (κ2) is 6.16. The van der Waals surface area contributed by atoms with Gasteiger partial charge in [0.25, 0.3) is 0 Å². The summed E-state index contributed by atoms with van der Waals surface area (Å²) in [6.07, 6.45) is 2.12. The first-order chi connectivity index (χ1) is 9.47. The molecular formula is C16H25N3O.